The van der Waals surface area contributed by atoms with Gasteiger partial charge in [0.2, 0.25) is 5.91 Å². The minimum Gasteiger partial charge on any atom is -0.496 e. The zero-order chi connectivity index (χ0) is 21.2. The SMILES string of the molecule is COc1ccccc1CCC(=O)NCCc1nnc(SCCN2CCOCC2)n1C. The van der Waals surface area contributed by atoms with E-state index in [1.54, 1.807) is 18.9 Å². The number of carbonyl (C=O) groups excluding carboxylic acids is 1. The van der Waals surface area contributed by atoms with Gasteiger partial charge in [0, 0.05) is 51.8 Å². The van der Waals surface area contributed by atoms with Crippen molar-refractivity contribution in [3.05, 3.63) is 35.7 Å². The summed E-state index contributed by atoms with van der Waals surface area (Å²) in [6.45, 7) is 5.23. The highest BCUT2D eigenvalue weighted by Crippen LogP contribution is 2.19. The van der Waals surface area contributed by atoms with Crippen LogP contribution >= 0.6 is 11.8 Å². The number of aryl methyl sites for hydroxylation is 1. The molecule has 3 rings (SSSR count). The van der Waals surface area contributed by atoms with Crippen molar-refractivity contribution in [2.45, 2.75) is 24.4 Å². The number of benzene rings is 1. The van der Waals surface area contributed by atoms with Crippen molar-refractivity contribution in [2.24, 2.45) is 7.05 Å². The van der Waals surface area contributed by atoms with E-state index in [-0.39, 0.29) is 5.91 Å². The first kappa shape index (κ1) is 22.6. The molecule has 8 nitrogen and oxygen atoms in total. The highest BCUT2D eigenvalue weighted by atomic mass is 32.2. The summed E-state index contributed by atoms with van der Waals surface area (Å²) in [6, 6.07) is 7.79. The molecule has 1 aromatic heterocycles. The Bertz CT molecular complexity index is 808. The van der Waals surface area contributed by atoms with Crippen LogP contribution in [0.25, 0.3) is 0 Å². The Morgan fingerprint density at radius 1 is 1.23 bits per heavy atom. The lowest BCUT2D eigenvalue weighted by Crippen LogP contribution is -2.37. The molecule has 2 aromatic rings. The molecule has 1 amide bonds. The maximum absolute atomic E-state index is 12.2. The summed E-state index contributed by atoms with van der Waals surface area (Å²) in [5.74, 6) is 2.71. The molecule has 1 N–H and O–H groups in total. The van der Waals surface area contributed by atoms with Crippen LogP contribution in [0.2, 0.25) is 0 Å². The minimum absolute atomic E-state index is 0.0307. The van der Waals surface area contributed by atoms with Crippen molar-refractivity contribution in [3.8, 4) is 5.75 Å². The van der Waals surface area contributed by atoms with Crippen LogP contribution in [0.4, 0.5) is 0 Å². The lowest BCUT2D eigenvalue weighted by atomic mass is 10.1. The number of nitrogens with zero attached hydrogens (tertiary/aromatic N) is 4. The van der Waals surface area contributed by atoms with Gasteiger partial charge >= 0.3 is 0 Å². The minimum atomic E-state index is 0.0307. The van der Waals surface area contributed by atoms with Crippen LogP contribution in [-0.4, -0.2) is 77.8 Å². The number of hydrogen-bond acceptors (Lipinski definition) is 7. The van der Waals surface area contributed by atoms with Crippen molar-refractivity contribution in [1.82, 2.24) is 25.0 Å². The Morgan fingerprint density at radius 3 is 2.83 bits per heavy atom. The number of ether oxygens (including phenoxy) is 2. The fourth-order valence-corrected chi connectivity index (χ4v) is 4.27. The predicted molar refractivity (Wildman–Crippen MR) is 117 cm³/mol. The van der Waals surface area contributed by atoms with Crippen molar-refractivity contribution >= 4 is 17.7 Å². The molecule has 0 spiro atoms. The molecule has 1 aliphatic rings. The van der Waals surface area contributed by atoms with Crippen LogP contribution < -0.4 is 10.1 Å². The Kier molecular flexibility index (Phi) is 8.98. The van der Waals surface area contributed by atoms with Gasteiger partial charge in [0.05, 0.1) is 20.3 Å². The quantitative estimate of drug-likeness (QED) is 0.538. The second-order valence-electron chi connectivity index (χ2n) is 7.17. The van der Waals surface area contributed by atoms with Crippen LogP contribution in [0, 0.1) is 0 Å². The number of para-hydroxylation sites is 1. The van der Waals surface area contributed by atoms with Gasteiger partial charge in [-0.05, 0) is 18.1 Å². The lowest BCUT2D eigenvalue weighted by Gasteiger charge is -2.26. The normalized spacial score (nSPS) is 14.6. The molecule has 30 heavy (non-hydrogen) atoms. The molecule has 1 aliphatic heterocycles. The summed E-state index contributed by atoms with van der Waals surface area (Å²) < 4.78 is 12.7. The molecular weight excluding hydrogens is 402 g/mol. The third-order valence-electron chi connectivity index (χ3n) is 5.15. The van der Waals surface area contributed by atoms with Gasteiger partial charge in [0.1, 0.15) is 11.6 Å². The number of morpholine rings is 1. The van der Waals surface area contributed by atoms with Crippen molar-refractivity contribution in [3.63, 3.8) is 0 Å². The molecule has 1 fully saturated rings. The molecule has 1 aromatic carbocycles. The Balaban J connectivity index is 1.35. The highest BCUT2D eigenvalue weighted by Gasteiger charge is 2.13. The molecule has 0 unspecified atom stereocenters. The standard InChI is InChI=1S/C21H31N5O3S/c1-25-19(23-24-21(25)30-16-13-26-11-14-29-15-12-26)9-10-22-20(27)8-7-17-5-3-4-6-18(17)28-2/h3-6H,7-16H2,1-2H3,(H,22,27). The van der Waals surface area contributed by atoms with E-state index < -0.39 is 0 Å². The number of aromatic nitrogens is 3. The third-order valence-corrected chi connectivity index (χ3v) is 6.15. The fraction of sp³-hybridized carbons (Fsp3) is 0.571. The molecule has 0 saturated carbocycles. The zero-order valence-electron chi connectivity index (χ0n) is 17.8. The van der Waals surface area contributed by atoms with Gasteiger partial charge in [-0.25, -0.2) is 0 Å². The lowest BCUT2D eigenvalue weighted by molar-refractivity contribution is -0.121. The Labute approximate surface area is 182 Å². The van der Waals surface area contributed by atoms with E-state index in [0.717, 1.165) is 60.9 Å². The van der Waals surface area contributed by atoms with Gasteiger partial charge in [0.25, 0.3) is 0 Å². The van der Waals surface area contributed by atoms with E-state index in [9.17, 15) is 4.79 Å². The van der Waals surface area contributed by atoms with E-state index in [1.807, 2.05) is 35.9 Å². The van der Waals surface area contributed by atoms with Crippen molar-refractivity contribution < 1.29 is 14.3 Å². The van der Waals surface area contributed by atoms with E-state index in [1.165, 1.54) is 0 Å². The summed E-state index contributed by atoms with van der Waals surface area (Å²) in [4.78, 5) is 14.6. The fourth-order valence-electron chi connectivity index (χ4n) is 3.34. The zero-order valence-corrected chi connectivity index (χ0v) is 18.6. The van der Waals surface area contributed by atoms with Crippen LogP contribution in [0.1, 0.15) is 17.8 Å². The first-order valence-electron chi connectivity index (χ1n) is 10.4. The molecule has 0 radical (unpaired) electrons. The Morgan fingerprint density at radius 2 is 2.03 bits per heavy atom. The molecule has 0 atom stereocenters. The molecule has 164 valence electrons. The topological polar surface area (TPSA) is 81.5 Å². The van der Waals surface area contributed by atoms with Crippen LogP contribution in [0.3, 0.4) is 0 Å². The van der Waals surface area contributed by atoms with Gasteiger partial charge < -0.3 is 19.4 Å². The number of methoxy groups -OCH3 is 1. The number of nitrogens with one attached hydrogen (secondary N) is 1. The average molecular weight is 434 g/mol. The van der Waals surface area contributed by atoms with Crippen LogP contribution in [-0.2, 0) is 29.4 Å². The summed E-state index contributed by atoms with van der Waals surface area (Å²) in [5.41, 5.74) is 1.04. The molecule has 9 heteroatoms. The summed E-state index contributed by atoms with van der Waals surface area (Å²) in [5, 5.41) is 12.5. The number of thioether (sulfide) groups is 1. The molecule has 2 heterocycles. The highest BCUT2D eigenvalue weighted by molar-refractivity contribution is 7.99. The first-order valence-corrected chi connectivity index (χ1v) is 11.4. The van der Waals surface area contributed by atoms with Crippen molar-refractivity contribution in [1.29, 1.82) is 0 Å². The first-order chi connectivity index (χ1) is 14.7. The molecule has 0 bridgehead atoms. The van der Waals surface area contributed by atoms with Gasteiger partial charge in [-0.15, -0.1) is 10.2 Å². The van der Waals surface area contributed by atoms with Crippen molar-refractivity contribution in [2.75, 3.05) is 52.3 Å². The monoisotopic (exact) mass is 433 g/mol. The Hall–Kier alpha value is -2.10. The van der Waals surface area contributed by atoms with E-state index >= 15 is 0 Å². The van der Waals surface area contributed by atoms with Gasteiger partial charge in [0.15, 0.2) is 5.16 Å². The number of carbonyl (C=O) groups is 1. The number of hydrogen-bond donors (Lipinski definition) is 1. The second kappa shape index (κ2) is 11.9. The van der Waals surface area contributed by atoms with E-state index in [0.29, 0.717) is 25.8 Å². The summed E-state index contributed by atoms with van der Waals surface area (Å²) in [6.07, 6.45) is 1.75. The average Bonchev–Trinajstić information content (AvgIpc) is 3.12. The van der Waals surface area contributed by atoms with Crippen LogP contribution in [0.15, 0.2) is 29.4 Å². The largest absolute Gasteiger partial charge is 0.496 e. The van der Waals surface area contributed by atoms with Gasteiger partial charge in [-0.2, -0.15) is 0 Å². The molecule has 0 aliphatic carbocycles. The third kappa shape index (κ3) is 6.72. The molecular formula is C21H31N5O3S. The summed E-state index contributed by atoms with van der Waals surface area (Å²) >= 11 is 1.72. The van der Waals surface area contributed by atoms with Gasteiger partial charge in [-0.3, -0.25) is 9.69 Å². The maximum Gasteiger partial charge on any atom is 0.220 e. The number of rotatable bonds is 11. The maximum atomic E-state index is 12.2. The van der Waals surface area contributed by atoms with E-state index in [2.05, 4.69) is 20.4 Å². The van der Waals surface area contributed by atoms with E-state index in [4.69, 9.17) is 9.47 Å². The predicted octanol–water partition coefficient (Wildman–Crippen LogP) is 1.54. The number of amides is 1. The molecule has 1 saturated heterocycles. The summed E-state index contributed by atoms with van der Waals surface area (Å²) in [7, 11) is 3.63. The van der Waals surface area contributed by atoms with Crippen LogP contribution in [0.5, 0.6) is 5.75 Å². The smallest absolute Gasteiger partial charge is 0.220 e. The van der Waals surface area contributed by atoms with Gasteiger partial charge in [-0.1, -0.05) is 30.0 Å². The second-order valence-corrected chi connectivity index (χ2v) is 8.23.